The van der Waals surface area contributed by atoms with Crippen molar-refractivity contribution >= 4 is 35.5 Å². The van der Waals surface area contributed by atoms with Crippen molar-refractivity contribution < 1.29 is 9.59 Å². The molecule has 4 aromatic rings. The SMILES string of the molecule is Cc1ccc(-n2cnnn2)cc1C(=O)N1CC[C@](CCN2CCC(NC=O)(c3ccccc3)CC2)(c2ccc(Cl)c(Cl)c2)C1. The predicted molar refractivity (Wildman–Crippen MR) is 170 cm³/mol. The standard InChI is InChI=1S/C33H35Cl2N7O2/c1-24-7-9-27(42-22-37-38-39-42)20-28(24)31(44)41-18-12-32(21-41,26-8-10-29(34)30(35)19-26)11-15-40-16-13-33(14-17-40,36-23-43)25-5-3-2-4-6-25/h2-10,19-20,22-23H,11-18,21H2,1H3,(H,36,43)/t32-/m0/s1. The molecule has 0 saturated carbocycles. The highest BCUT2D eigenvalue weighted by atomic mass is 35.5. The number of hydrogen-bond donors (Lipinski definition) is 1. The van der Waals surface area contributed by atoms with Gasteiger partial charge in [0.1, 0.15) is 6.33 Å². The monoisotopic (exact) mass is 631 g/mol. The molecule has 3 heterocycles. The van der Waals surface area contributed by atoms with Gasteiger partial charge in [-0.05, 0) is 90.5 Å². The number of tetrazole rings is 1. The summed E-state index contributed by atoms with van der Waals surface area (Å²) in [5.41, 5.74) is 3.88. The number of amides is 2. The maximum Gasteiger partial charge on any atom is 0.254 e. The van der Waals surface area contributed by atoms with Crippen LogP contribution in [0.1, 0.15) is 52.7 Å². The van der Waals surface area contributed by atoms with Crippen LogP contribution in [-0.4, -0.2) is 75.0 Å². The molecule has 2 fully saturated rings. The largest absolute Gasteiger partial charge is 0.349 e. The molecule has 1 atom stereocenters. The van der Waals surface area contributed by atoms with Crippen LogP contribution in [0, 0.1) is 6.92 Å². The number of likely N-dealkylation sites (tertiary alicyclic amines) is 2. The Hall–Kier alpha value is -3.79. The molecule has 0 bridgehead atoms. The summed E-state index contributed by atoms with van der Waals surface area (Å²) in [5.74, 6) is -0.00934. The lowest BCUT2D eigenvalue weighted by molar-refractivity contribution is -0.112. The Balaban J connectivity index is 1.21. The van der Waals surface area contributed by atoms with Gasteiger partial charge in [-0.2, -0.15) is 0 Å². The molecule has 11 heteroatoms. The smallest absolute Gasteiger partial charge is 0.254 e. The molecular formula is C33H35Cl2N7O2. The van der Waals surface area contributed by atoms with Gasteiger partial charge < -0.3 is 15.1 Å². The van der Waals surface area contributed by atoms with E-state index in [2.05, 4.69) is 43.9 Å². The van der Waals surface area contributed by atoms with Crippen LogP contribution in [0.3, 0.4) is 0 Å². The van der Waals surface area contributed by atoms with Crippen LogP contribution in [0.5, 0.6) is 0 Å². The molecule has 6 rings (SSSR count). The molecule has 0 aliphatic carbocycles. The summed E-state index contributed by atoms with van der Waals surface area (Å²) in [6.45, 7) is 5.74. The van der Waals surface area contributed by atoms with Gasteiger partial charge >= 0.3 is 0 Å². The number of benzene rings is 3. The van der Waals surface area contributed by atoms with E-state index in [0.29, 0.717) is 28.7 Å². The fourth-order valence-electron chi connectivity index (χ4n) is 6.81. The van der Waals surface area contributed by atoms with Gasteiger partial charge in [-0.1, -0.05) is 65.7 Å². The maximum atomic E-state index is 14.0. The lowest BCUT2D eigenvalue weighted by Gasteiger charge is -2.43. The van der Waals surface area contributed by atoms with Gasteiger partial charge in [0.15, 0.2) is 0 Å². The number of aryl methyl sites for hydroxylation is 1. The van der Waals surface area contributed by atoms with Crippen LogP contribution >= 0.6 is 23.2 Å². The summed E-state index contributed by atoms with van der Waals surface area (Å²) in [5, 5.41) is 15.6. The Bertz CT molecular complexity index is 1620. The summed E-state index contributed by atoms with van der Waals surface area (Å²) in [6.07, 6.45) is 5.68. The average Bonchev–Trinajstić information content (AvgIpc) is 3.75. The summed E-state index contributed by atoms with van der Waals surface area (Å²) in [7, 11) is 0. The van der Waals surface area contributed by atoms with Gasteiger partial charge in [-0.3, -0.25) is 9.59 Å². The molecule has 0 radical (unpaired) electrons. The molecule has 2 aliphatic rings. The number of carbonyl (C=O) groups is 2. The first-order valence-electron chi connectivity index (χ1n) is 14.9. The number of rotatable bonds is 9. The number of halogens is 2. The molecule has 228 valence electrons. The minimum atomic E-state index is -0.355. The van der Waals surface area contributed by atoms with Crippen molar-refractivity contribution in [1.29, 1.82) is 0 Å². The van der Waals surface area contributed by atoms with E-state index in [9.17, 15) is 9.59 Å². The lowest BCUT2D eigenvalue weighted by Crippen LogP contribution is -2.51. The second kappa shape index (κ2) is 12.7. The molecule has 1 N–H and O–H groups in total. The molecule has 44 heavy (non-hydrogen) atoms. The van der Waals surface area contributed by atoms with E-state index in [0.717, 1.165) is 74.1 Å². The Labute approximate surface area is 267 Å². The van der Waals surface area contributed by atoms with Crippen LogP contribution in [0.15, 0.2) is 73.1 Å². The highest BCUT2D eigenvalue weighted by molar-refractivity contribution is 6.42. The summed E-state index contributed by atoms with van der Waals surface area (Å²) in [6, 6.07) is 21.8. The summed E-state index contributed by atoms with van der Waals surface area (Å²) < 4.78 is 1.55. The van der Waals surface area contributed by atoms with E-state index in [4.69, 9.17) is 23.2 Å². The quantitative estimate of drug-likeness (QED) is 0.256. The van der Waals surface area contributed by atoms with Crippen molar-refractivity contribution in [1.82, 2.24) is 35.3 Å². The molecule has 2 saturated heterocycles. The third-order valence-electron chi connectivity index (χ3n) is 9.52. The first-order valence-corrected chi connectivity index (χ1v) is 15.7. The zero-order valence-corrected chi connectivity index (χ0v) is 26.1. The number of aromatic nitrogens is 4. The zero-order valence-electron chi connectivity index (χ0n) is 24.6. The molecule has 2 aliphatic heterocycles. The minimum absolute atomic E-state index is 0.00934. The number of nitrogens with zero attached hydrogens (tertiary/aromatic N) is 6. The highest BCUT2D eigenvalue weighted by Gasteiger charge is 2.43. The van der Waals surface area contributed by atoms with Gasteiger partial charge in [0.05, 0.1) is 21.3 Å². The van der Waals surface area contributed by atoms with Crippen molar-refractivity contribution in [3.8, 4) is 5.69 Å². The third-order valence-corrected chi connectivity index (χ3v) is 10.3. The number of hydrogen-bond acceptors (Lipinski definition) is 6. The zero-order chi connectivity index (χ0) is 30.7. The van der Waals surface area contributed by atoms with Gasteiger partial charge in [0, 0.05) is 37.2 Å². The third kappa shape index (κ3) is 5.96. The molecule has 1 aromatic heterocycles. The Kier molecular flexibility index (Phi) is 8.71. The van der Waals surface area contributed by atoms with Crippen molar-refractivity contribution in [3.63, 3.8) is 0 Å². The first-order chi connectivity index (χ1) is 21.3. The van der Waals surface area contributed by atoms with Crippen LogP contribution in [0.2, 0.25) is 10.0 Å². The van der Waals surface area contributed by atoms with Crippen LogP contribution in [0.4, 0.5) is 0 Å². The van der Waals surface area contributed by atoms with Crippen molar-refractivity contribution in [2.45, 2.75) is 43.6 Å². The van der Waals surface area contributed by atoms with Crippen LogP contribution < -0.4 is 5.32 Å². The number of nitrogens with one attached hydrogen (secondary N) is 1. The molecule has 2 amide bonds. The van der Waals surface area contributed by atoms with Gasteiger partial charge in [-0.25, -0.2) is 4.68 Å². The normalized spacial score (nSPS) is 20.0. The summed E-state index contributed by atoms with van der Waals surface area (Å²) >= 11 is 12.8. The second-order valence-corrected chi connectivity index (χ2v) is 12.8. The van der Waals surface area contributed by atoms with Gasteiger partial charge in [0.2, 0.25) is 6.41 Å². The van der Waals surface area contributed by atoms with E-state index in [1.807, 2.05) is 60.4 Å². The van der Waals surface area contributed by atoms with Crippen molar-refractivity contribution in [2.24, 2.45) is 0 Å². The Morgan fingerprint density at radius 1 is 0.955 bits per heavy atom. The Morgan fingerprint density at radius 3 is 2.45 bits per heavy atom. The average molecular weight is 633 g/mol. The lowest BCUT2D eigenvalue weighted by atomic mass is 9.76. The predicted octanol–water partition coefficient (Wildman–Crippen LogP) is 5.19. The fraction of sp³-hybridized carbons (Fsp3) is 0.364. The fourth-order valence-corrected chi connectivity index (χ4v) is 7.10. The van der Waals surface area contributed by atoms with Crippen LogP contribution in [-0.2, 0) is 15.7 Å². The second-order valence-electron chi connectivity index (χ2n) is 11.9. The van der Waals surface area contributed by atoms with Crippen LogP contribution in [0.25, 0.3) is 5.69 Å². The number of carbonyl (C=O) groups excluding carboxylic acids is 2. The molecule has 0 unspecified atom stereocenters. The highest BCUT2D eigenvalue weighted by Crippen LogP contribution is 2.41. The molecule has 9 nitrogen and oxygen atoms in total. The van der Waals surface area contributed by atoms with E-state index in [1.54, 1.807) is 4.68 Å². The topological polar surface area (TPSA) is 96.2 Å². The van der Waals surface area contributed by atoms with Gasteiger partial charge in [-0.15, -0.1) is 5.10 Å². The molecule has 0 spiro atoms. The van der Waals surface area contributed by atoms with Crippen molar-refractivity contribution in [3.05, 3.63) is 105 Å². The van der Waals surface area contributed by atoms with Crippen molar-refractivity contribution in [2.75, 3.05) is 32.7 Å². The first kappa shape index (κ1) is 30.2. The summed E-state index contributed by atoms with van der Waals surface area (Å²) in [4.78, 5) is 30.0. The van der Waals surface area contributed by atoms with E-state index in [1.165, 1.54) is 6.33 Å². The maximum absolute atomic E-state index is 14.0. The van der Waals surface area contributed by atoms with Gasteiger partial charge in [0.25, 0.3) is 5.91 Å². The molecule has 3 aromatic carbocycles. The van der Waals surface area contributed by atoms with E-state index >= 15 is 0 Å². The number of piperidine rings is 1. The minimum Gasteiger partial charge on any atom is -0.349 e. The molecular weight excluding hydrogens is 597 g/mol. The Morgan fingerprint density at radius 2 is 1.75 bits per heavy atom. The van der Waals surface area contributed by atoms with E-state index < -0.39 is 0 Å². The van der Waals surface area contributed by atoms with E-state index in [-0.39, 0.29) is 16.9 Å².